The lowest BCUT2D eigenvalue weighted by Gasteiger charge is -2.31. The van der Waals surface area contributed by atoms with Crippen LogP contribution in [0.2, 0.25) is 0 Å². The van der Waals surface area contributed by atoms with Gasteiger partial charge in [-0.3, -0.25) is 14.4 Å². The summed E-state index contributed by atoms with van der Waals surface area (Å²) >= 11 is 1.42. The fourth-order valence-electron chi connectivity index (χ4n) is 2.10. The van der Waals surface area contributed by atoms with E-state index >= 15 is 0 Å². The molecule has 0 aliphatic carbocycles. The van der Waals surface area contributed by atoms with Gasteiger partial charge in [-0.1, -0.05) is 13.0 Å². The summed E-state index contributed by atoms with van der Waals surface area (Å²) < 4.78 is 0. The molecule has 0 bridgehead atoms. The smallest absolute Gasteiger partial charge is 0.240 e. The highest BCUT2D eigenvalue weighted by atomic mass is 32.2. The molecule has 2 amide bonds. The standard InChI is InChI=1S/C14H16N2O3S/c1-3-11(17)9-4-5-12-10(6-9)16(7-13(15)18)14(19)8(2)20-12/h4-6,8H,3,7H2,1-2H3,(H2,15,18). The summed E-state index contributed by atoms with van der Waals surface area (Å²) in [7, 11) is 0. The Hall–Kier alpha value is -1.82. The van der Waals surface area contributed by atoms with Crippen LogP contribution in [0.5, 0.6) is 0 Å². The molecule has 0 saturated heterocycles. The number of amides is 2. The van der Waals surface area contributed by atoms with Gasteiger partial charge in [-0.15, -0.1) is 11.8 Å². The zero-order chi connectivity index (χ0) is 14.9. The van der Waals surface area contributed by atoms with Gasteiger partial charge in [-0.25, -0.2) is 0 Å². The summed E-state index contributed by atoms with van der Waals surface area (Å²) in [6.07, 6.45) is 0.395. The predicted molar refractivity (Wildman–Crippen MR) is 77.9 cm³/mol. The molecule has 1 unspecified atom stereocenters. The van der Waals surface area contributed by atoms with E-state index in [-0.39, 0.29) is 23.5 Å². The number of rotatable bonds is 4. The van der Waals surface area contributed by atoms with Gasteiger partial charge < -0.3 is 10.6 Å². The molecule has 0 spiro atoms. The second kappa shape index (κ2) is 5.66. The monoisotopic (exact) mass is 292 g/mol. The largest absolute Gasteiger partial charge is 0.368 e. The third-order valence-electron chi connectivity index (χ3n) is 3.12. The second-order valence-electron chi connectivity index (χ2n) is 4.61. The van der Waals surface area contributed by atoms with Crippen molar-refractivity contribution < 1.29 is 14.4 Å². The molecule has 0 aromatic heterocycles. The van der Waals surface area contributed by atoms with E-state index in [1.54, 1.807) is 26.0 Å². The number of thioether (sulfide) groups is 1. The van der Waals surface area contributed by atoms with Crippen LogP contribution in [0, 0.1) is 0 Å². The summed E-state index contributed by atoms with van der Waals surface area (Å²) in [5, 5.41) is -0.269. The van der Waals surface area contributed by atoms with Crippen LogP contribution in [0.4, 0.5) is 5.69 Å². The number of nitrogens with two attached hydrogens (primary N) is 1. The highest BCUT2D eigenvalue weighted by molar-refractivity contribution is 8.01. The average molecular weight is 292 g/mol. The van der Waals surface area contributed by atoms with E-state index in [0.29, 0.717) is 17.7 Å². The fraction of sp³-hybridized carbons (Fsp3) is 0.357. The molecule has 1 aliphatic rings. The molecular formula is C14H16N2O3S. The Bertz CT molecular complexity index is 586. The van der Waals surface area contributed by atoms with Gasteiger partial charge in [0, 0.05) is 16.9 Å². The van der Waals surface area contributed by atoms with Crippen molar-refractivity contribution >= 4 is 35.0 Å². The third-order valence-corrected chi connectivity index (χ3v) is 4.28. The highest BCUT2D eigenvalue weighted by Gasteiger charge is 2.31. The number of anilines is 1. The van der Waals surface area contributed by atoms with E-state index in [2.05, 4.69) is 0 Å². The van der Waals surface area contributed by atoms with E-state index in [0.717, 1.165) is 4.90 Å². The summed E-state index contributed by atoms with van der Waals surface area (Å²) in [5.41, 5.74) is 6.34. The summed E-state index contributed by atoms with van der Waals surface area (Å²) in [6, 6.07) is 5.24. The Morgan fingerprint density at radius 2 is 2.10 bits per heavy atom. The van der Waals surface area contributed by atoms with Crippen LogP contribution in [0.15, 0.2) is 23.1 Å². The SMILES string of the molecule is CCC(=O)c1ccc2c(c1)N(CC(N)=O)C(=O)C(C)S2. The molecule has 0 radical (unpaired) electrons. The van der Waals surface area contributed by atoms with Crippen LogP contribution in [0.3, 0.4) is 0 Å². The Kier molecular flexibility index (Phi) is 4.13. The fourth-order valence-corrected chi connectivity index (χ4v) is 3.15. The number of Topliss-reactive ketones (excluding diaryl/α,β-unsaturated/α-hetero) is 1. The Morgan fingerprint density at radius 1 is 1.40 bits per heavy atom. The normalized spacial score (nSPS) is 17.8. The molecule has 1 aliphatic heterocycles. The van der Waals surface area contributed by atoms with E-state index in [9.17, 15) is 14.4 Å². The summed E-state index contributed by atoms with van der Waals surface area (Å²) in [6.45, 7) is 3.40. The Labute approximate surface area is 121 Å². The van der Waals surface area contributed by atoms with Crippen molar-refractivity contribution in [1.82, 2.24) is 0 Å². The van der Waals surface area contributed by atoms with Crippen molar-refractivity contribution in [2.24, 2.45) is 5.73 Å². The minimum absolute atomic E-state index is 0.00268. The number of carbonyl (C=O) groups excluding carboxylic acids is 3. The van der Waals surface area contributed by atoms with Crippen molar-refractivity contribution in [3.8, 4) is 0 Å². The number of carbonyl (C=O) groups is 3. The summed E-state index contributed by atoms with van der Waals surface area (Å²) in [4.78, 5) is 37.4. The number of benzene rings is 1. The van der Waals surface area contributed by atoms with Gasteiger partial charge in [0.1, 0.15) is 6.54 Å². The van der Waals surface area contributed by atoms with Crippen molar-refractivity contribution in [3.63, 3.8) is 0 Å². The number of hydrogen-bond acceptors (Lipinski definition) is 4. The Morgan fingerprint density at radius 3 is 2.70 bits per heavy atom. The average Bonchev–Trinajstić information content (AvgIpc) is 2.42. The van der Waals surface area contributed by atoms with Crippen molar-refractivity contribution in [3.05, 3.63) is 23.8 Å². The van der Waals surface area contributed by atoms with Gasteiger partial charge in [0.15, 0.2) is 5.78 Å². The number of primary amides is 1. The number of fused-ring (bicyclic) bond motifs is 1. The zero-order valence-corrected chi connectivity index (χ0v) is 12.2. The number of nitrogens with zero attached hydrogens (tertiary/aromatic N) is 1. The molecule has 0 fully saturated rings. The second-order valence-corrected chi connectivity index (χ2v) is 5.99. The van der Waals surface area contributed by atoms with Gasteiger partial charge in [0.25, 0.3) is 0 Å². The molecule has 1 heterocycles. The topological polar surface area (TPSA) is 80.5 Å². The molecule has 5 nitrogen and oxygen atoms in total. The van der Waals surface area contributed by atoms with E-state index < -0.39 is 5.91 Å². The lowest BCUT2D eigenvalue weighted by Crippen LogP contribution is -2.44. The molecule has 2 N–H and O–H groups in total. The van der Waals surface area contributed by atoms with Crippen LogP contribution in [0.1, 0.15) is 30.6 Å². The first-order valence-electron chi connectivity index (χ1n) is 6.37. The van der Waals surface area contributed by atoms with Gasteiger partial charge in [0.2, 0.25) is 11.8 Å². The zero-order valence-electron chi connectivity index (χ0n) is 11.4. The Balaban J connectivity index is 2.48. The minimum Gasteiger partial charge on any atom is -0.368 e. The van der Waals surface area contributed by atoms with Gasteiger partial charge in [-0.05, 0) is 19.1 Å². The third kappa shape index (κ3) is 2.70. The quantitative estimate of drug-likeness (QED) is 0.855. The maximum Gasteiger partial charge on any atom is 0.240 e. The molecule has 1 aromatic carbocycles. The molecule has 106 valence electrons. The van der Waals surface area contributed by atoms with E-state index in [4.69, 9.17) is 5.73 Å². The van der Waals surface area contributed by atoms with Gasteiger partial charge >= 0.3 is 0 Å². The van der Waals surface area contributed by atoms with Crippen molar-refractivity contribution in [1.29, 1.82) is 0 Å². The molecule has 0 saturated carbocycles. The first-order valence-corrected chi connectivity index (χ1v) is 7.25. The van der Waals surface area contributed by atoms with Crippen molar-refractivity contribution in [2.45, 2.75) is 30.4 Å². The van der Waals surface area contributed by atoms with E-state index in [1.165, 1.54) is 16.7 Å². The lowest BCUT2D eigenvalue weighted by atomic mass is 10.1. The van der Waals surface area contributed by atoms with Crippen LogP contribution in [-0.2, 0) is 9.59 Å². The minimum atomic E-state index is -0.573. The molecule has 20 heavy (non-hydrogen) atoms. The van der Waals surface area contributed by atoms with Crippen LogP contribution < -0.4 is 10.6 Å². The molecule has 1 aromatic rings. The maximum absolute atomic E-state index is 12.2. The highest BCUT2D eigenvalue weighted by Crippen LogP contribution is 2.39. The predicted octanol–water partition coefficient (Wildman–Crippen LogP) is 1.59. The van der Waals surface area contributed by atoms with Crippen molar-refractivity contribution in [2.75, 3.05) is 11.4 Å². The van der Waals surface area contributed by atoms with Gasteiger partial charge in [-0.2, -0.15) is 0 Å². The maximum atomic E-state index is 12.2. The summed E-state index contributed by atoms with van der Waals surface area (Å²) in [5.74, 6) is -0.735. The molecule has 6 heteroatoms. The van der Waals surface area contributed by atoms with Crippen LogP contribution in [-0.4, -0.2) is 29.4 Å². The molecule has 1 atom stereocenters. The first kappa shape index (κ1) is 14.6. The lowest BCUT2D eigenvalue weighted by molar-refractivity contribution is -0.122. The first-order chi connectivity index (χ1) is 9.43. The number of hydrogen-bond donors (Lipinski definition) is 1. The van der Waals surface area contributed by atoms with E-state index in [1.807, 2.05) is 6.07 Å². The number of ketones is 1. The van der Waals surface area contributed by atoms with Crippen LogP contribution in [0.25, 0.3) is 0 Å². The molecule has 2 rings (SSSR count). The molecular weight excluding hydrogens is 276 g/mol. The van der Waals surface area contributed by atoms with Gasteiger partial charge in [0.05, 0.1) is 10.9 Å². The van der Waals surface area contributed by atoms with Crippen LogP contribution >= 0.6 is 11.8 Å².